The first-order valence-electron chi connectivity index (χ1n) is 8.53. The molecule has 0 bridgehead atoms. The molecule has 2 N–H and O–H groups in total. The van der Waals surface area contributed by atoms with Crippen LogP contribution in [-0.2, 0) is 9.53 Å². The number of urea groups is 1. The fraction of sp³-hybridized carbons (Fsp3) is 0.500. The normalized spacial score (nSPS) is 16.5. The number of hydrogen-bond donors (Lipinski definition) is 2. The number of benzene rings is 1. The summed E-state index contributed by atoms with van der Waals surface area (Å²) in [5, 5.41) is 5.89. The van der Waals surface area contributed by atoms with Crippen molar-refractivity contribution in [3.63, 3.8) is 0 Å². The molecule has 1 aliphatic heterocycles. The highest BCUT2D eigenvalue weighted by atomic mass is 35.5. The van der Waals surface area contributed by atoms with Gasteiger partial charge in [-0.15, -0.1) is 0 Å². The summed E-state index contributed by atoms with van der Waals surface area (Å²) in [5.41, 5.74) is 0.799. The maximum atomic E-state index is 12.5. The molecule has 0 aromatic heterocycles. The first-order chi connectivity index (χ1) is 12.3. The summed E-state index contributed by atoms with van der Waals surface area (Å²) in [5.74, 6) is -0.414. The number of ether oxygens (including phenoxy) is 1. The minimum absolute atomic E-state index is 0.00700. The Morgan fingerprint density at radius 1 is 1.35 bits per heavy atom. The second-order valence-corrected chi connectivity index (χ2v) is 7.04. The van der Waals surface area contributed by atoms with Crippen LogP contribution in [0, 0.1) is 5.92 Å². The van der Waals surface area contributed by atoms with Gasteiger partial charge in [0.05, 0.1) is 24.2 Å². The summed E-state index contributed by atoms with van der Waals surface area (Å²) in [6.07, 6.45) is 1.04. The molecule has 2 rings (SSSR count). The molecule has 1 unspecified atom stereocenters. The molecule has 0 aliphatic carbocycles. The van der Waals surface area contributed by atoms with E-state index in [1.807, 2.05) is 13.8 Å². The van der Waals surface area contributed by atoms with E-state index in [0.29, 0.717) is 35.8 Å². The van der Waals surface area contributed by atoms with Gasteiger partial charge in [0, 0.05) is 24.7 Å². The Morgan fingerprint density at radius 2 is 2.08 bits per heavy atom. The largest absolute Gasteiger partial charge is 0.469 e. The molecule has 1 atom stereocenters. The maximum absolute atomic E-state index is 12.5. The molecule has 0 spiro atoms. The van der Waals surface area contributed by atoms with Crippen LogP contribution in [0.25, 0.3) is 0 Å². The standard InChI is InChI=1S/C18H24ClN3O4/c1-11(2)20-17(24)13-4-5-14(19)15(9-13)21-18(25)22-7-6-12(10-22)8-16(23)26-3/h4-5,9,11-12H,6-8,10H2,1-3H3,(H,20,24)(H,21,25). The van der Waals surface area contributed by atoms with Crippen LogP contribution in [-0.4, -0.2) is 49.0 Å². The van der Waals surface area contributed by atoms with E-state index < -0.39 is 0 Å². The quantitative estimate of drug-likeness (QED) is 0.767. The van der Waals surface area contributed by atoms with Gasteiger partial charge in [0.1, 0.15) is 0 Å². The average molecular weight is 382 g/mol. The molecule has 26 heavy (non-hydrogen) atoms. The Bertz CT molecular complexity index is 693. The summed E-state index contributed by atoms with van der Waals surface area (Å²) in [4.78, 5) is 37.6. The van der Waals surface area contributed by atoms with E-state index in [-0.39, 0.29) is 29.9 Å². The third-order valence-electron chi connectivity index (χ3n) is 4.15. The number of esters is 1. The number of halogens is 1. The van der Waals surface area contributed by atoms with E-state index in [1.54, 1.807) is 23.1 Å². The minimum Gasteiger partial charge on any atom is -0.469 e. The lowest BCUT2D eigenvalue weighted by Crippen LogP contribution is -2.33. The summed E-state index contributed by atoms with van der Waals surface area (Å²) < 4.78 is 4.67. The molecule has 1 heterocycles. The number of hydrogen-bond acceptors (Lipinski definition) is 4. The third kappa shape index (κ3) is 5.36. The van der Waals surface area contributed by atoms with Gasteiger partial charge in [0.2, 0.25) is 0 Å². The van der Waals surface area contributed by atoms with Crippen LogP contribution in [0.3, 0.4) is 0 Å². The summed E-state index contributed by atoms with van der Waals surface area (Å²) in [6, 6.07) is 4.45. The SMILES string of the molecule is COC(=O)CC1CCN(C(=O)Nc2cc(C(=O)NC(C)C)ccc2Cl)C1. The molecule has 142 valence electrons. The van der Waals surface area contributed by atoms with Crippen molar-refractivity contribution in [1.29, 1.82) is 0 Å². The van der Waals surface area contributed by atoms with Gasteiger partial charge in [-0.25, -0.2) is 4.79 Å². The lowest BCUT2D eigenvalue weighted by Gasteiger charge is -2.18. The van der Waals surface area contributed by atoms with Crippen LogP contribution >= 0.6 is 11.6 Å². The molecule has 0 radical (unpaired) electrons. The molecule has 1 aromatic rings. The van der Waals surface area contributed by atoms with Crippen molar-refractivity contribution in [1.82, 2.24) is 10.2 Å². The lowest BCUT2D eigenvalue weighted by molar-refractivity contribution is -0.141. The van der Waals surface area contributed by atoms with Crippen molar-refractivity contribution in [2.45, 2.75) is 32.7 Å². The van der Waals surface area contributed by atoms with Gasteiger partial charge >= 0.3 is 12.0 Å². The highest BCUT2D eigenvalue weighted by Crippen LogP contribution is 2.25. The van der Waals surface area contributed by atoms with E-state index in [1.165, 1.54) is 7.11 Å². The molecule has 1 aliphatic rings. The summed E-state index contributed by atoms with van der Waals surface area (Å²) in [6.45, 7) is 4.77. The predicted octanol–water partition coefficient (Wildman–Crippen LogP) is 2.90. The highest BCUT2D eigenvalue weighted by molar-refractivity contribution is 6.33. The van der Waals surface area contributed by atoms with Crippen LogP contribution in [0.2, 0.25) is 5.02 Å². The molecular weight excluding hydrogens is 358 g/mol. The zero-order chi connectivity index (χ0) is 19.3. The number of nitrogens with zero attached hydrogens (tertiary/aromatic N) is 1. The zero-order valence-corrected chi connectivity index (χ0v) is 15.9. The first-order valence-corrected chi connectivity index (χ1v) is 8.91. The summed E-state index contributed by atoms with van der Waals surface area (Å²) >= 11 is 6.15. The predicted molar refractivity (Wildman–Crippen MR) is 99.4 cm³/mol. The van der Waals surface area contributed by atoms with Crippen LogP contribution in [0.4, 0.5) is 10.5 Å². The second kappa shape index (κ2) is 8.89. The zero-order valence-electron chi connectivity index (χ0n) is 15.2. The smallest absolute Gasteiger partial charge is 0.321 e. The number of rotatable bonds is 5. The van der Waals surface area contributed by atoms with Crippen LogP contribution in [0.5, 0.6) is 0 Å². The van der Waals surface area contributed by atoms with Crippen LogP contribution in [0.15, 0.2) is 18.2 Å². The number of anilines is 1. The average Bonchev–Trinajstić information content (AvgIpc) is 3.04. The second-order valence-electron chi connectivity index (χ2n) is 6.63. The van der Waals surface area contributed by atoms with E-state index >= 15 is 0 Å². The van der Waals surface area contributed by atoms with Gasteiger partial charge in [-0.1, -0.05) is 11.6 Å². The van der Waals surface area contributed by atoms with Crippen LogP contribution < -0.4 is 10.6 Å². The fourth-order valence-electron chi connectivity index (χ4n) is 2.80. The number of carbonyl (C=O) groups is 3. The molecule has 3 amide bonds. The minimum atomic E-state index is -0.305. The van der Waals surface area contributed by atoms with Gasteiger partial charge in [-0.2, -0.15) is 0 Å². The van der Waals surface area contributed by atoms with Crippen molar-refractivity contribution in [3.05, 3.63) is 28.8 Å². The highest BCUT2D eigenvalue weighted by Gasteiger charge is 2.28. The van der Waals surface area contributed by atoms with Crippen LogP contribution in [0.1, 0.15) is 37.0 Å². The number of carbonyl (C=O) groups excluding carboxylic acids is 3. The number of likely N-dealkylation sites (tertiary alicyclic amines) is 1. The van der Waals surface area contributed by atoms with E-state index in [4.69, 9.17) is 11.6 Å². The van der Waals surface area contributed by atoms with Crippen molar-refractivity contribution >= 4 is 35.2 Å². The Hall–Kier alpha value is -2.28. The van der Waals surface area contributed by atoms with E-state index in [9.17, 15) is 14.4 Å². The Labute approximate surface area is 158 Å². The van der Waals surface area contributed by atoms with Gasteiger partial charge < -0.3 is 20.3 Å². The number of methoxy groups -OCH3 is 1. The van der Waals surface area contributed by atoms with Gasteiger partial charge in [0.15, 0.2) is 0 Å². The Morgan fingerprint density at radius 3 is 2.73 bits per heavy atom. The number of nitrogens with one attached hydrogen (secondary N) is 2. The van der Waals surface area contributed by atoms with Crippen molar-refractivity contribution in [3.8, 4) is 0 Å². The summed E-state index contributed by atoms with van der Waals surface area (Å²) in [7, 11) is 1.35. The van der Waals surface area contributed by atoms with E-state index in [2.05, 4.69) is 15.4 Å². The molecular formula is C18H24ClN3O4. The van der Waals surface area contributed by atoms with Gasteiger partial charge in [0.25, 0.3) is 5.91 Å². The van der Waals surface area contributed by atoms with E-state index in [0.717, 1.165) is 6.42 Å². The molecule has 0 saturated carbocycles. The number of amides is 3. The molecule has 1 saturated heterocycles. The monoisotopic (exact) mass is 381 g/mol. The Kier molecular flexibility index (Phi) is 6.85. The lowest BCUT2D eigenvalue weighted by atomic mass is 10.1. The first kappa shape index (κ1) is 20.0. The van der Waals surface area contributed by atoms with Gasteiger partial charge in [-0.3, -0.25) is 9.59 Å². The Balaban J connectivity index is 2.00. The molecule has 1 aromatic carbocycles. The molecule has 7 nitrogen and oxygen atoms in total. The van der Waals surface area contributed by atoms with Crippen molar-refractivity contribution in [2.24, 2.45) is 5.92 Å². The van der Waals surface area contributed by atoms with Crippen molar-refractivity contribution < 1.29 is 19.1 Å². The maximum Gasteiger partial charge on any atom is 0.321 e. The molecule has 8 heteroatoms. The van der Waals surface area contributed by atoms with Crippen molar-refractivity contribution in [2.75, 3.05) is 25.5 Å². The topological polar surface area (TPSA) is 87.7 Å². The third-order valence-corrected chi connectivity index (χ3v) is 4.48. The molecule has 1 fully saturated rings. The van der Waals surface area contributed by atoms with Gasteiger partial charge in [-0.05, 0) is 44.4 Å². The fourth-order valence-corrected chi connectivity index (χ4v) is 2.97.